The number of piperidine rings is 1. The molecule has 0 amide bonds. The maximum Gasteiger partial charge on any atom is 0.346 e. The molecule has 9 nitrogen and oxygen atoms in total. The Bertz CT molecular complexity index is 1450. The van der Waals surface area contributed by atoms with Crippen molar-refractivity contribution in [3.63, 3.8) is 0 Å². The van der Waals surface area contributed by atoms with Crippen molar-refractivity contribution in [1.29, 1.82) is 0 Å². The fourth-order valence-corrected chi connectivity index (χ4v) is 5.03. The number of cyclic esters (lactones) is 1. The van der Waals surface area contributed by atoms with Gasteiger partial charge in [0.15, 0.2) is 5.82 Å². The Kier molecular flexibility index (Phi) is 6.21. The normalized spacial score (nSPS) is 23.2. The molecule has 196 valence electrons. The van der Waals surface area contributed by atoms with E-state index in [-0.39, 0.29) is 36.3 Å². The van der Waals surface area contributed by atoms with Gasteiger partial charge >= 0.3 is 5.97 Å². The van der Waals surface area contributed by atoms with Crippen LogP contribution < -0.4 is 21.1 Å². The van der Waals surface area contributed by atoms with Gasteiger partial charge in [-0.2, -0.15) is 4.98 Å². The Labute approximate surface area is 216 Å². The summed E-state index contributed by atoms with van der Waals surface area (Å²) in [4.78, 5) is 36.0. The molecule has 1 saturated heterocycles. The maximum atomic E-state index is 14.3. The third kappa shape index (κ3) is 4.35. The van der Waals surface area contributed by atoms with Crippen molar-refractivity contribution in [3.05, 3.63) is 45.3 Å². The number of halogens is 3. The molecule has 5 rings (SSSR count). The van der Waals surface area contributed by atoms with Crippen molar-refractivity contribution in [2.24, 2.45) is 18.9 Å². The zero-order chi connectivity index (χ0) is 26.6. The molecule has 3 aromatic rings. The van der Waals surface area contributed by atoms with Gasteiger partial charge in [-0.25, -0.2) is 18.6 Å². The minimum atomic E-state index is -2.76. The average Bonchev–Trinajstić information content (AvgIpc) is 3.00. The maximum absolute atomic E-state index is 14.3. The first-order chi connectivity index (χ1) is 17.5. The molecule has 1 fully saturated rings. The van der Waals surface area contributed by atoms with E-state index in [0.29, 0.717) is 34.0 Å². The summed E-state index contributed by atoms with van der Waals surface area (Å²) in [7, 11) is 1.59. The van der Waals surface area contributed by atoms with Gasteiger partial charge in [-0.05, 0) is 25.1 Å². The number of nitrogens with zero attached hydrogens (tertiary/aromatic N) is 4. The number of hydrogen-bond acceptors (Lipinski definition) is 8. The second-order valence-electron chi connectivity index (χ2n) is 9.86. The quantitative estimate of drug-likeness (QED) is 0.478. The van der Waals surface area contributed by atoms with Crippen molar-refractivity contribution in [2.45, 2.75) is 32.7 Å². The minimum Gasteiger partial charge on any atom is -0.460 e. The van der Waals surface area contributed by atoms with E-state index >= 15 is 0 Å². The van der Waals surface area contributed by atoms with E-state index in [1.54, 1.807) is 30.1 Å². The molecule has 2 aliphatic heterocycles. The van der Waals surface area contributed by atoms with Gasteiger partial charge in [0.2, 0.25) is 5.95 Å². The molecule has 2 aromatic heterocycles. The van der Waals surface area contributed by atoms with Gasteiger partial charge in [-0.1, -0.05) is 25.4 Å². The molecule has 4 heterocycles. The van der Waals surface area contributed by atoms with Gasteiger partial charge in [0, 0.05) is 43.0 Å². The van der Waals surface area contributed by atoms with E-state index in [2.05, 4.69) is 20.6 Å². The van der Waals surface area contributed by atoms with Gasteiger partial charge in [0.05, 0.1) is 23.4 Å². The number of anilines is 4. The third-order valence-electron chi connectivity index (χ3n) is 7.03. The van der Waals surface area contributed by atoms with Gasteiger partial charge in [-0.15, -0.1) is 0 Å². The number of rotatable bonds is 3. The molecule has 0 aliphatic carbocycles. The summed E-state index contributed by atoms with van der Waals surface area (Å²) >= 11 is 6.38. The number of alkyl halides is 2. The Morgan fingerprint density at radius 3 is 2.59 bits per heavy atom. The van der Waals surface area contributed by atoms with Crippen LogP contribution in [0.25, 0.3) is 10.9 Å². The van der Waals surface area contributed by atoms with Crippen molar-refractivity contribution in [1.82, 2.24) is 14.5 Å². The van der Waals surface area contributed by atoms with Crippen LogP contribution in [-0.4, -0.2) is 52.2 Å². The largest absolute Gasteiger partial charge is 0.460 e. The molecular formula is C25H27ClF2N6O3. The number of ether oxygens (including phenoxy) is 1. The molecule has 0 radical (unpaired) electrons. The molecule has 2 N–H and O–H groups in total. The number of benzene rings is 1. The predicted octanol–water partition coefficient (Wildman–Crippen LogP) is 4.42. The molecular weight excluding hydrogens is 506 g/mol. The van der Waals surface area contributed by atoms with Crippen LogP contribution in [0.1, 0.15) is 31.1 Å². The second kappa shape index (κ2) is 9.13. The zero-order valence-corrected chi connectivity index (χ0v) is 21.6. The Morgan fingerprint density at radius 2 is 1.89 bits per heavy atom. The van der Waals surface area contributed by atoms with E-state index in [0.717, 1.165) is 0 Å². The summed E-state index contributed by atoms with van der Waals surface area (Å²) < 4.78 is 35.3. The smallest absolute Gasteiger partial charge is 0.346 e. The highest BCUT2D eigenvalue weighted by atomic mass is 35.5. The molecule has 1 aromatic carbocycles. The van der Waals surface area contributed by atoms with E-state index in [9.17, 15) is 18.4 Å². The van der Waals surface area contributed by atoms with Crippen molar-refractivity contribution >= 4 is 51.6 Å². The molecule has 37 heavy (non-hydrogen) atoms. The first kappa shape index (κ1) is 25.2. The molecule has 0 saturated carbocycles. The topological polar surface area (TPSA) is 101 Å². The summed E-state index contributed by atoms with van der Waals surface area (Å²) in [5, 5.41) is 7.29. The average molecular weight is 533 g/mol. The number of carbonyl (C=O) groups excluding carboxylic acids is 1. The van der Waals surface area contributed by atoms with Crippen LogP contribution in [0.5, 0.6) is 0 Å². The van der Waals surface area contributed by atoms with E-state index in [1.165, 1.54) is 24.6 Å². The number of aromatic nitrogens is 3. The number of esters is 1. The highest BCUT2D eigenvalue weighted by Gasteiger charge is 2.47. The number of carbonyl (C=O) groups is 1. The van der Waals surface area contributed by atoms with Crippen LogP contribution in [-0.2, 0) is 11.8 Å². The fourth-order valence-electron chi connectivity index (χ4n) is 4.89. The van der Waals surface area contributed by atoms with Gasteiger partial charge in [0.25, 0.3) is 11.5 Å². The lowest BCUT2D eigenvalue weighted by Gasteiger charge is -2.41. The Balaban J connectivity index is 1.53. The molecule has 3 atom stereocenters. The lowest BCUT2D eigenvalue weighted by atomic mass is 9.87. The van der Waals surface area contributed by atoms with Crippen LogP contribution in [0.4, 0.5) is 31.9 Å². The highest BCUT2D eigenvalue weighted by Crippen LogP contribution is 2.39. The van der Waals surface area contributed by atoms with Crippen LogP contribution in [0.15, 0.2) is 29.2 Å². The Morgan fingerprint density at radius 1 is 1.19 bits per heavy atom. The Hall–Kier alpha value is -3.47. The van der Waals surface area contributed by atoms with Gasteiger partial charge < -0.3 is 24.8 Å². The van der Waals surface area contributed by atoms with E-state index in [4.69, 9.17) is 16.3 Å². The monoisotopic (exact) mass is 532 g/mol. The third-order valence-corrected chi connectivity index (χ3v) is 7.31. The summed E-state index contributed by atoms with van der Waals surface area (Å²) in [6.45, 7) is 5.27. The SMILES string of the molecule is CC1COC(=O)c2c(c3cc(Nc4nc(N5C[C@@H](C)C(F)(F)[C@@H](C)C5)ncc4Cl)ccc3n(C)c2=O)N1. The molecule has 0 bridgehead atoms. The van der Waals surface area contributed by atoms with Crippen LogP contribution >= 0.6 is 11.6 Å². The van der Waals surface area contributed by atoms with Crippen LogP contribution in [0, 0.1) is 11.8 Å². The van der Waals surface area contributed by atoms with Crippen LogP contribution in [0.2, 0.25) is 5.02 Å². The number of nitrogens with one attached hydrogen (secondary N) is 2. The predicted molar refractivity (Wildman–Crippen MR) is 138 cm³/mol. The van der Waals surface area contributed by atoms with E-state index < -0.39 is 29.3 Å². The summed E-state index contributed by atoms with van der Waals surface area (Å²) in [6, 6.07) is 5.11. The number of fused-ring (bicyclic) bond motifs is 3. The van der Waals surface area contributed by atoms with Crippen LogP contribution in [0.3, 0.4) is 0 Å². The first-order valence-corrected chi connectivity index (χ1v) is 12.4. The highest BCUT2D eigenvalue weighted by molar-refractivity contribution is 6.33. The molecule has 1 unspecified atom stereocenters. The van der Waals surface area contributed by atoms with Gasteiger partial charge in [0.1, 0.15) is 17.2 Å². The van der Waals surface area contributed by atoms with Crippen molar-refractivity contribution in [3.8, 4) is 0 Å². The van der Waals surface area contributed by atoms with Gasteiger partial charge in [-0.3, -0.25) is 4.79 Å². The molecule has 2 aliphatic rings. The number of hydrogen-bond donors (Lipinski definition) is 2. The lowest BCUT2D eigenvalue weighted by Crippen LogP contribution is -2.52. The number of aryl methyl sites for hydroxylation is 1. The first-order valence-electron chi connectivity index (χ1n) is 12.0. The summed E-state index contributed by atoms with van der Waals surface area (Å²) in [5.41, 5.74) is 1.12. The van der Waals surface area contributed by atoms with Crippen molar-refractivity contribution < 1.29 is 18.3 Å². The van der Waals surface area contributed by atoms with Crippen molar-refractivity contribution in [2.75, 3.05) is 35.2 Å². The number of pyridine rings is 1. The van der Waals surface area contributed by atoms with E-state index in [1.807, 2.05) is 6.92 Å². The lowest BCUT2D eigenvalue weighted by molar-refractivity contribution is -0.105. The minimum absolute atomic E-state index is 0.0519. The summed E-state index contributed by atoms with van der Waals surface area (Å²) in [6.07, 6.45) is 1.43. The standard InChI is InChI=1S/C25H27ClF2N6O3/c1-12-9-34(10-13(2)25(12,27)28)24-29-8-17(26)21(32-24)31-15-5-6-18-16(7-15)20-19(22(35)33(18)4)23(36)37-11-14(3)30-20/h5-8,12-14,30H,9-11H2,1-4H3,(H,29,31,32)/t12-,13+,14?. The molecule has 0 spiro atoms. The summed E-state index contributed by atoms with van der Waals surface area (Å²) in [5.74, 6) is -4.53. The second-order valence-corrected chi connectivity index (χ2v) is 10.3. The zero-order valence-electron chi connectivity index (χ0n) is 20.8. The fraction of sp³-hybridized carbons (Fsp3) is 0.440. The molecule has 12 heteroatoms.